The molecule has 0 saturated heterocycles. The van der Waals surface area contributed by atoms with Gasteiger partial charge in [0.15, 0.2) is 0 Å². The Morgan fingerprint density at radius 3 is 2.62 bits per heavy atom. The number of carbonyl (C=O) groups excluding carboxylic acids is 1. The smallest absolute Gasteiger partial charge is 0.224 e. The number of anilines is 2. The Bertz CT molecular complexity index is 468. The van der Waals surface area contributed by atoms with Crippen LogP contribution in [0.2, 0.25) is 0 Å². The third-order valence-corrected chi connectivity index (χ3v) is 4.38. The van der Waals surface area contributed by atoms with Gasteiger partial charge in [-0.25, -0.2) is 0 Å². The molecule has 1 aliphatic carbocycles. The zero-order chi connectivity index (χ0) is 15.1. The van der Waals surface area contributed by atoms with E-state index in [0.717, 1.165) is 30.8 Å². The molecule has 0 bridgehead atoms. The van der Waals surface area contributed by atoms with E-state index in [2.05, 4.69) is 10.6 Å². The molecule has 1 aliphatic rings. The molecular weight excluding hydrogens is 264 g/mol. The van der Waals surface area contributed by atoms with E-state index in [9.17, 15) is 9.90 Å². The van der Waals surface area contributed by atoms with E-state index >= 15 is 0 Å². The van der Waals surface area contributed by atoms with Crippen LogP contribution in [0.5, 0.6) is 0 Å². The number of benzene rings is 1. The predicted molar refractivity (Wildman–Crippen MR) is 86.5 cm³/mol. The molecule has 0 heterocycles. The van der Waals surface area contributed by atoms with Crippen molar-refractivity contribution >= 4 is 17.3 Å². The average Bonchev–Trinajstić information content (AvgIpc) is 2.54. The first-order valence-electron chi connectivity index (χ1n) is 7.92. The van der Waals surface area contributed by atoms with Gasteiger partial charge < -0.3 is 15.7 Å². The van der Waals surface area contributed by atoms with Gasteiger partial charge in [0.2, 0.25) is 5.91 Å². The van der Waals surface area contributed by atoms with Crippen LogP contribution < -0.4 is 10.6 Å². The zero-order valence-electron chi connectivity index (χ0n) is 12.8. The van der Waals surface area contributed by atoms with Gasteiger partial charge in [0, 0.05) is 29.8 Å². The lowest BCUT2D eigenvalue weighted by atomic mass is 9.74. The first-order valence-corrected chi connectivity index (χ1v) is 7.92. The molecule has 0 aromatic heterocycles. The first-order chi connectivity index (χ1) is 10.2. The molecule has 0 atom stereocenters. The summed E-state index contributed by atoms with van der Waals surface area (Å²) in [5.74, 6) is 0.0197. The molecule has 0 aliphatic heterocycles. The number of nitrogens with one attached hydrogen (secondary N) is 2. The van der Waals surface area contributed by atoms with E-state index in [-0.39, 0.29) is 17.9 Å². The molecule has 1 saturated carbocycles. The molecule has 21 heavy (non-hydrogen) atoms. The van der Waals surface area contributed by atoms with Gasteiger partial charge in [0.05, 0.1) is 6.61 Å². The summed E-state index contributed by atoms with van der Waals surface area (Å²) in [6.45, 7) is 2.87. The van der Waals surface area contributed by atoms with Crippen molar-refractivity contribution in [1.29, 1.82) is 0 Å². The molecule has 3 N–H and O–H groups in total. The van der Waals surface area contributed by atoms with Crippen LogP contribution in [0.3, 0.4) is 0 Å². The Morgan fingerprint density at radius 1 is 1.24 bits per heavy atom. The van der Waals surface area contributed by atoms with E-state index < -0.39 is 0 Å². The van der Waals surface area contributed by atoms with Crippen LogP contribution in [0.15, 0.2) is 24.3 Å². The van der Waals surface area contributed by atoms with Gasteiger partial charge in [-0.2, -0.15) is 0 Å². The second-order valence-corrected chi connectivity index (χ2v) is 6.05. The molecule has 116 valence electrons. The molecular formula is C17H26N2O2. The van der Waals surface area contributed by atoms with Crippen molar-refractivity contribution in [3.63, 3.8) is 0 Å². The van der Waals surface area contributed by atoms with Gasteiger partial charge in [-0.3, -0.25) is 4.79 Å². The molecule has 1 aromatic carbocycles. The topological polar surface area (TPSA) is 61.4 Å². The average molecular weight is 290 g/mol. The summed E-state index contributed by atoms with van der Waals surface area (Å²) in [6.07, 6.45) is 6.33. The number of aliphatic hydroxyl groups excluding tert-OH is 1. The summed E-state index contributed by atoms with van der Waals surface area (Å²) in [6, 6.07) is 7.76. The Hall–Kier alpha value is -1.55. The number of hydrogen-bond donors (Lipinski definition) is 3. The summed E-state index contributed by atoms with van der Waals surface area (Å²) in [7, 11) is 0. The molecule has 1 fully saturated rings. The Labute approximate surface area is 126 Å². The maximum atomic E-state index is 11.4. The van der Waals surface area contributed by atoms with Crippen LogP contribution in [0.1, 0.15) is 45.4 Å². The number of carbonyl (C=O) groups is 1. The van der Waals surface area contributed by atoms with E-state index in [1.165, 1.54) is 19.3 Å². The number of aliphatic hydroxyl groups is 1. The third kappa shape index (κ3) is 4.46. The van der Waals surface area contributed by atoms with Crippen molar-refractivity contribution in [3.05, 3.63) is 24.3 Å². The van der Waals surface area contributed by atoms with E-state index in [1.54, 1.807) is 0 Å². The highest BCUT2D eigenvalue weighted by Crippen LogP contribution is 2.36. The Balaban J connectivity index is 1.96. The highest BCUT2D eigenvalue weighted by atomic mass is 16.3. The summed E-state index contributed by atoms with van der Waals surface area (Å²) in [5.41, 5.74) is 1.82. The Morgan fingerprint density at radius 2 is 1.95 bits per heavy atom. The molecule has 0 radical (unpaired) electrons. The first kappa shape index (κ1) is 15.8. The van der Waals surface area contributed by atoms with Gasteiger partial charge >= 0.3 is 0 Å². The highest BCUT2D eigenvalue weighted by Gasteiger charge is 2.31. The fourth-order valence-corrected chi connectivity index (χ4v) is 2.94. The fraction of sp³-hybridized carbons (Fsp3) is 0.588. The van der Waals surface area contributed by atoms with E-state index in [1.807, 2.05) is 31.2 Å². The lowest BCUT2D eigenvalue weighted by Crippen LogP contribution is -2.35. The van der Waals surface area contributed by atoms with Crippen LogP contribution >= 0.6 is 0 Å². The normalized spacial score (nSPS) is 17.2. The lowest BCUT2D eigenvalue weighted by Gasteiger charge is -2.36. The monoisotopic (exact) mass is 290 g/mol. The van der Waals surface area contributed by atoms with Crippen LogP contribution in [0.4, 0.5) is 11.4 Å². The van der Waals surface area contributed by atoms with Crippen LogP contribution in [0, 0.1) is 5.41 Å². The minimum absolute atomic E-state index is 0.0148. The van der Waals surface area contributed by atoms with Crippen molar-refractivity contribution in [2.45, 2.75) is 45.4 Å². The van der Waals surface area contributed by atoms with Crippen molar-refractivity contribution < 1.29 is 9.90 Å². The fourth-order valence-electron chi connectivity index (χ4n) is 2.94. The van der Waals surface area contributed by atoms with Gasteiger partial charge in [-0.05, 0) is 31.0 Å². The standard InChI is InChI=1S/C17H26N2O2/c1-2-16(21)19-15-8-6-7-14(11-15)18-12-17(13-20)9-4-3-5-10-17/h6-8,11,18,20H,2-5,9-10,12-13H2,1H3,(H,19,21). The highest BCUT2D eigenvalue weighted by molar-refractivity contribution is 5.90. The number of rotatable bonds is 6. The van der Waals surface area contributed by atoms with Crippen LogP contribution in [0.25, 0.3) is 0 Å². The summed E-state index contributed by atoms with van der Waals surface area (Å²) < 4.78 is 0. The SMILES string of the molecule is CCC(=O)Nc1cccc(NCC2(CO)CCCCC2)c1. The molecule has 1 aromatic rings. The minimum atomic E-state index is 0.0148. The molecule has 0 unspecified atom stereocenters. The number of amides is 1. The summed E-state index contributed by atoms with van der Waals surface area (Å²) in [5, 5.41) is 16.0. The van der Waals surface area contributed by atoms with Gasteiger partial charge in [0.1, 0.15) is 0 Å². The van der Waals surface area contributed by atoms with E-state index in [4.69, 9.17) is 0 Å². The third-order valence-electron chi connectivity index (χ3n) is 4.38. The molecule has 1 amide bonds. The summed E-state index contributed by atoms with van der Waals surface area (Å²) >= 11 is 0. The maximum Gasteiger partial charge on any atom is 0.224 e. The van der Waals surface area contributed by atoms with Gasteiger partial charge in [-0.1, -0.05) is 32.3 Å². The Kier molecular flexibility index (Phi) is 5.62. The van der Waals surface area contributed by atoms with Crippen molar-refractivity contribution in [3.8, 4) is 0 Å². The van der Waals surface area contributed by atoms with Crippen molar-refractivity contribution in [2.24, 2.45) is 5.41 Å². The molecule has 2 rings (SSSR count). The minimum Gasteiger partial charge on any atom is -0.396 e. The second kappa shape index (κ2) is 7.46. The van der Waals surface area contributed by atoms with Crippen molar-refractivity contribution in [1.82, 2.24) is 0 Å². The molecule has 0 spiro atoms. The van der Waals surface area contributed by atoms with E-state index in [0.29, 0.717) is 6.42 Å². The molecule has 4 nitrogen and oxygen atoms in total. The van der Waals surface area contributed by atoms with Gasteiger partial charge in [0.25, 0.3) is 0 Å². The lowest BCUT2D eigenvalue weighted by molar-refractivity contribution is -0.115. The van der Waals surface area contributed by atoms with Crippen LogP contribution in [-0.4, -0.2) is 24.2 Å². The predicted octanol–water partition coefficient (Wildman–Crippen LogP) is 3.39. The zero-order valence-corrected chi connectivity index (χ0v) is 12.8. The maximum absolute atomic E-state index is 11.4. The largest absolute Gasteiger partial charge is 0.396 e. The second-order valence-electron chi connectivity index (χ2n) is 6.05. The summed E-state index contributed by atoms with van der Waals surface area (Å²) in [4.78, 5) is 11.4. The molecule has 4 heteroatoms. The van der Waals surface area contributed by atoms with Crippen molar-refractivity contribution in [2.75, 3.05) is 23.8 Å². The number of hydrogen-bond acceptors (Lipinski definition) is 3. The van der Waals surface area contributed by atoms with Crippen LogP contribution in [-0.2, 0) is 4.79 Å². The quantitative estimate of drug-likeness (QED) is 0.752. The van der Waals surface area contributed by atoms with Gasteiger partial charge in [-0.15, -0.1) is 0 Å².